The summed E-state index contributed by atoms with van der Waals surface area (Å²) in [5, 5.41) is -0.654. The molecule has 206 valence electrons. The van der Waals surface area contributed by atoms with Crippen molar-refractivity contribution in [2.45, 2.75) is 76.5 Å². The zero-order valence-corrected chi connectivity index (χ0v) is 23.5. The molecule has 0 aromatic heterocycles. The summed E-state index contributed by atoms with van der Waals surface area (Å²) in [6.07, 6.45) is -8.91. The standard InChI is InChI=1S/C25H31F6NO3SSi/c1-23(2,3)36(33)32-21(16-11-18(26)13-19(12-16)35-25(30,31)22(28)29)15-8-9-20(27)17(10-15)14-24(4,5)37(6,7)34/h8-13,22,34H,14H2,1-7H3/b32-21-/t36-/m1/s1. The lowest BCUT2D eigenvalue weighted by molar-refractivity contribution is -0.253. The smallest absolute Gasteiger partial charge is 0.461 e. The van der Waals surface area contributed by atoms with E-state index in [1.165, 1.54) is 12.1 Å². The van der Waals surface area contributed by atoms with Crippen molar-refractivity contribution in [1.82, 2.24) is 0 Å². The summed E-state index contributed by atoms with van der Waals surface area (Å²) in [5.41, 5.74) is 0.0479. The van der Waals surface area contributed by atoms with E-state index in [0.717, 1.165) is 18.2 Å². The van der Waals surface area contributed by atoms with Gasteiger partial charge < -0.3 is 14.1 Å². The van der Waals surface area contributed by atoms with E-state index < -0.39 is 59.4 Å². The van der Waals surface area contributed by atoms with E-state index in [1.807, 2.05) is 0 Å². The highest BCUT2D eigenvalue weighted by Crippen LogP contribution is 2.39. The molecule has 0 aliphatic heterocycles. The van der Waals surface area contributed by atoms with Gasteiger partial charge in [0.15, 0.2) is 8.32 Å². The Morgan fingerprint density at radius 2 is 1.62 bits per heavy atom. The molecule has 1 N–H and O–H groups in total. The van der Waals surface area contributed by atoms with Crippen molar-refractivity contribution < 1.29 is 40.4 Å². The Hall–Kier alpha value is -2.02. The van der Waals surface area contributed by atoms with Crippen molar-refractivity contribution in [2.24, 2.45) is 4.40 Å². The van der Waals surface area contributed by atoms with Gasteiger partial charge in [0.2, 0.25) is 0 Å². The summed E-state index contributed by atoms with van der Waals surface area (Å²) in [7, 11) is -2.74. The summed E-state index contributed by atoms with van der Waals surface area (Å²) < 4.78 is 102. The van der Waals surface area contributed by atoms with Gasteiger partial charge in [0, 0.05) is 17.2 Å². The maximum absolute atomic E-state index is 14.8. The highest BCUT2D eigenvalue weighted by atomic mass is 32.2. The zero-order chi connectivity index (χ0) is 28.6. The first kappa shape index (κ1) is 31.2. The van der Waals surface area contributed by atoms with E-state index in [9.17, 15) is 35.7 Å². The van der Waals surface area contributed by atoms with Crippen LogP contribution in [0.25, 0.3) is 0 Å². The van der Waals surface area contributed by atoms with Crippen LogP contribution in [0.3, 0.4) is 0 Å². The molecule has 0 saturated carbocycles. The number of nitrogens with zero attached hydrogens (tertiary/aromatic N) is 1. The van der Waals surface area contributed by atoms with E-state index in [-0.39, 0.29) is 28.8 Å². The minimum Gasteiger partial charge on any atom is -0.591 e. The van der Waals surface area contributed by atoms with Crippen LogP contribution in [0, 0.1) is 11.6 Å². The summed E-state index contributed by atoms with van der Waals surface area (Å²) in [4.78, 5) is 10.6. The van der Waals surface area contributed by atoms with Gasteiger partial charge >= 0.3 is 12.5 Å². The fraction of sp³-hybridized carbons (Fsp3) is 0.480. The molecule has 2 aromatic rings. The predicted octanol–water partition coefficient (Wildman–Crippen LogP) is 7.02. The number of alkyl halides is 4. The van der Waals surface area contributed by atoms with Gasteiger partial charge in [0.25, 0.3) is 0 Å². The molecule has 4 nitrogen and oxygen atoms in total. The molecule has 0 heterocycles. The van der Waals surface area contributed by atoms with Gasteiger partial charge in [-0.25, -0.2) is 8.78 Å². The van der Waals surface area contributed by atoms with Gasteiger partial charge in [-0.3, -0.25) is 0 Å². The van der Waals surface area contributed by atoms with Gasteiger partial charge in [0.1, 0.15) is 39.2 Å². The lowest BCUT2D eigenvalue weighted by Crippen LogP contribution is -2.40. The molecule has 2 rings (SSSR count). The number of rotatable bonds is 9. The average molecular weight is 568 g/mol. The Morgan fingerprint density at radius 3 is 2.14 bits per heavy atom. The number of benzene rings is 2. The number of halogens is 6. The Morgan fingerprint density at radius 1 is 1.03 bits per heavy atom. The first-order chi connectivity index (χ1) is 16.6. The quantitative estimate of drug-likeness (QED) is 0.153. The lowest BCUT2D eigenvalue weighted by atomic mass is 9.95. The van der Waals surface area contributed by atoms with Crippen molar-refractivity contribution >= 4 is 25.4 Å². The number of hydrogen-bond donors (Lipinski definition) is 1. The zero-order valence-electron chi connectivity index (χ0n) is 21.6. The van der Waals surface area contributed by atoms with E-state index in [1.54, 1.807) is 47.7 Å². The van der Waals surface area contributed by atoms with Crippen LogP contribution in [-0.4, -0.2) is 40.7 Å². The molecule has 0 saturated heterocycles. The predicted molar refractivity (Wildman–Crippen MR) is 135 cm³/mol. The van der Waals surface area contributed by atoms with Crippen LogP contribution in [0.2, 0.25) is 18.1 Å². The molecule has 12 heteroatoms. The molecule has 0 aliphatic carbocycles. The Bertz CT molecular complexity index is 1150. The largest absolute Gasteiger partial charge is 0.591 e. The topological polar surface area (TPSA) is 64.9 Å². The Labute approximate surface area is 217 Å². The molecule has 37 heavy (non-hydrogen) atoms. The van der Waals surface area contributed by atoms with Crippen molar-refractivity contribution in [3.8, 4) is 5.75 Å². The molecule has 0 fully saturated rings. The molecule has 0 bridgehead atoms. The van der Waals surface area contributed by atoms with Crippen LogP contribution >= 0.6 is 0 Å². The van der Waals surface area contributed by atoms with E-state index in [0.29, 0.717) is 6.07 Å². The van der Waals surface area contributed by atoms with Crippen LogP contribution < -0.4 is 4.74 Å². The van der Waals surface area contributed by atoms with E-state index in [2.05, 4.69) is 9.13 Å². The SMILES string of the molecule is CC(C)(C)[S@@+]([O-])/N=C(\c1cc(F)cc(OC(F)(F)C(F)F)c1)c1ccc(F)c(CC(C)(C)[Si](C)(C)O)c1. The highest BCUT2D eigenvalue weighted by Gasteiger charge is 2.44. The third kappa shape index (κ3) is 7.98. The van der Waals surface area contributed by atoms with Crippen molar-refractivity contribution in [3.63, 3.8) is 0 Å². The van der Waals surface area contributed by atoms with Crippen LogP contribution in [0.4, 0.5) is 26.3 Å². The maximum atomic E-state index is 14.8. The summed E-state index contributed by atoms with van der Waals surface area (Å²) >= 11 is -1.92. The van der Waals surface area contributed by atoms with Crippen LogP contribution in [0.1, 0.15) is 51.3 Å². The summed E-state index contributed by atoms with van der Waals surface area (Å²) in [6, 6.07) is 6.09. The second-order valence-corrected chi connectivity index (χ2v) is 17.2. The van der Waals surface area contributed by atoms with Crippen LogP contribution in [0.15, 0.2) is 40.8 Å². The minimum absolute atomic E-state index is 0.135. The fourth-order valence-corrected chi connectivity index (χ4v) is 4.28. The molecule has 0 aliphatic rings. The van der Waals surface area contributed by atoms with Crippen molar-refractivity contribution in [2.75, 3.05) is 0 Å². The molecule has 0 spiro atoms. The molecular weight excluding hydrogens is 536 g/mol. The maximum Gasteiger partial charge on any atom is 0.461 e. The summed E-state index contributed by atoms with van der Waals surface area (Å²) in [6.45, 7) is 11.9. The minimum atomic E-state index is -4.88. The molecule has 0 unspecified atom stereocenters. The van der Waals surface area contributed by atoms with Gasteiger partial charge in [-0.05, 0) is 81.2 Å². The monoisotopic (exact) mass is 567 g/mol. The second-order valence-electron chi connectivity index (χ2n) is 10.9. The first-order valence-electron chi connectivity index (χ1n) is 11.3. The average Bonchev–Trinajstić information content (AvgIpc) is 2.71. The molecule has 2 aromatic carbocycles. The molecular formula is C25H31F6NO3SSi. The van der Waals surface area contributed by atoms with Crippen molar-refractivity contribution in [3.05, 3.63) is 64.7 Å². The fourth-order valence-electron chi connectivity index (χ4n) is 3.00. The van der Waals surface area contributed by atoms with Gasteiger partial charge in [-0.2, -0.15) is 17.6 Å². The summed E-state index contributed by atoms with van der Waals surface area (Å²) in [5.74, 6) is -2.57. The van der Waals surface area contributed by atoms with Gasteiger partial charge in [0.05, 0.1) is 0 Å². The number of ether oxygens (including phenoxy) is 1. The molecule has 0 radical (unpaired) electrons. The lowest BCUT2D eigenvalue weighted by Gasteiger charge is -2.35. The third-order valence-corrected chi connectivity index (χ3v) is 10.8. The first-order valence-corrected chi connectivity index (χ1v) is 15.4. The van der Waals surface area contributed by atoms with Crippen molar-refractivity contribution in [1.29, 1.82) is 0 Å². The van der Waals surface area contributed by atoms with Gasteiger partial charge in [-0.1, -0.05) is 18.2 Å². The number of hydrogen-bond acceptors (Lipinski definition) is 4. The molecule has 0 amide bonds. The van der Waals surface area contributed by atoms with Gasteiger partial charge in [-0.15, -0.1) is 0 Å². The van der Waals surface area contributed by atoms with E-state index in [4.69, 9.17) is 0 Å². The Kier molecular flexibility index (Phi) is 9.27. The van der Waals surface area contributed by atoms with E-state index >= 15 is 0 Å². The normalized spacial score (nSPS) is 14.8. The van der Waals surface area contributed by atoms with Crippen LogP contribution in [-0.2, 0) is 17.8 Å². The van der Waals surface area contributed by atoms with Crippen LogP contribution in [0.5, 0.6) is 5.75 Å². The molecule has 1 atom stereocenters. The second kappa shape index (κ2) is 11.0. The third-order valence-electron chi connectivity index (χ3n) is 5.96. The highest BCUT2D eigenvalue weighted by molar-refractivity contribution is 7.91. The Balaban J connectivity index is 2.71.